The largest absolute Gasteiger partial charge is 0.481 e. The molecular weight excluding hydrogens is 188 g/mol. The maximum absolute atomic E-state index is 11.1. The molecule has 0 bridgehead atoms. The summed E-state index contributed by atoms with van der Waals surface area (Å²) in [6.45, 7) is 1.88. The van der Waals surface area contributed by atoms with E-state index < -0.39 is 11.4 Å². The summed E-state index contributed by atoms with van der Waals surface area (Å²) in [5.74, 6) is -0.664. The van der Waals surface area contributed by atoms with E-state index in [1.807, 2.05) is 6.92 Å². The van der Waals surface area contributed by atoms with Crippen molar-refractivity contribution < 1.29 is 9.90 Å². The Kier molecular flexibility index (Phi) is 3.37. The van der Waals surface area contributed by atoms with Crippen LogP contribution in [-0.2, 0) is 4.79 Å². The van der Waals surface area contributed by atoms with E-state index in [1.165, 1.54) is 5.54 Å². The van der Waals surface area contributed by atoms with E-state index in [1.54, 1.807) is 0 Å². The minimum Gasteiger partial charge on any atom is -0.481 e. The van der Waals surface area contributed by atoms with Gasteiger partial charge >= 0.3 is 5.97 Å². The highest BCUT2D eigenvalue weighted by Gasteiger charge is 2.40. The van der Waals surface area contributed by atoms with E-state index in [0.717, 1.165) is 31.3 Å². The summed E-state index contributed by atoms with van der Waals surface area (Å²) in [6, 6.07) is 0. The van der Waals surface area contributed by atoms with E-state index >= 15 is 0 Å². The van der Waals surface area contributed by atoms with Crippen molar-refractivity contribution in [1.29, 1.82) is 0 Å². The van der Waals surface area contributed by atoms with E-state index in [9.17, 15) is 4.79 Å². The molecule has 0 unspecified atom stereocenters. The predicted molar refractivity (Wildman–Crippen MR) is 52.8 cm³/mol. The van der Waals surface area contributed by atoms with Gasteiger partial charge in [0.1, 0.15) is 0 Å². The van der Waals surface area contributed by atoms with Crippen LogP contribution in [0.1, 0.15) is 39.0 Å². The van der Waals surface area contributed by atoms with E-state index in [-0.39, 0.29) is 0 Å². The molecule has 2 nitrogen and oxygen atoms in total. The minimum absolute atomic E-state index is 0.518. The molecule has 1 saturated carbocycles. The monoisotopic (exact) mass is 202 g/mol. The molecule has 0 aromatic carbocycles. The number of halogens is 1. The number of carboxylic acids is 1. The Morgan fingerprint density at radius 3 is 2.46 bits per heavy atom. The van der Waals surface area contributed by atoms with E-state index in [0.29, 0.717) is 6.42 Å². The lowest BCUT2D eigenvalue weighted by Gasteiger charge is -2.23. The summed E-state index contributed by atoms with van der Waals surface area (Å²) < 4.78 is 0. The summed E-state index contributed by atoms with van der Waals surface area (Å²) in [5.41, 5.74) is 1.93. The summed E-state index contributed by atoms with van der Waals surface area (Å²) in [7, 11) is 0. The average molecular weight is 203 g/mol. The van der Waals surface area contributed by atoms with Crippen molar-refractivity contribution in [2.45, 2.75) is 39.0 Å². The first-order valence-corrected chi connectivity index (χ1v) is 5.04. The topological polar surface area (TPSA) is 37.3 Å². The standard InChI is InChI=1S/C10H15ClO2/c1-8(7-11)6-10(9(12)13)4-2-3-5-10/h7H,2-6H2,1H3,(H,12,13)/b8-7+. The van der Waals surface area contributed by atoms with Crippen LogP contribution in [0.4, 0.5) is 0 Å². The van der Waals surface area contributed by atoms with Crippen LogP contribution in [0.3, 0.4) is 0 Å². The third-order valence-electron chi connectivity index (χ3n) is 2.82. The van der Waals surface area contributed by atoms with Crippen LogP contribution in [-0.4, -0.2) is 11.1 Å². The highest BCUT2D eigenvalue weighted by Crippen LogP contribution is 2.43. The molecule has 13 heavy (non-hydrogen) atoms. The Morgan fingerprint density at radius 1 is 1.54 bits per heavy atom. The van der Waals surface area contributed by atoms with E-state index in [4.69, 9.17) is 16.7 Å². The van der Waals surface area contributed by atoms with Gasteiger partial charge in [-0.05, 0) is 26.2 Å². The quantitative estimate of drug-likeness (QED) is 0.764. The third kappa shape index (κ3) is 2.25. The second-order valence-electron chi connectivity index (χ2n) is 3.92. The molecule has 0 spiro atoms. The Bertz CT molecular complexity index is 227. The van der Waals surface area contributed by atoms with Gasteiger partial charge in [-0.15, -0.1) is 0 Å². The van der Waals surface area contributed by atoms with Crippen LogP contribution in [0, 0.1) is 5.41 Å². The number of rotatable bonds is 3. The molecule has 0 aromatic heterocycles. The average Bonchev–Trinajstić information content (AvgIpc) is 2.54. The molecule has 3 heteroatoms. The zero-order chi connectivity index (χ0) is 9.90. The van der Waals surface area contributed by atoms with Crippen molar-refractivity contribution in [3.05, 3.63) is 11.1 Å². The summed E-state index contributed by atoms with van der Waals surface area (Å²) in [6.07, 6.45) is 4.25. The molecule has 1 aliphatic rings. The van der Waals surface area contributed by atoms with E-state index in [2.05, 4.69) is 0 Å². The van der Waals surface area contributed by atoms with Crippen LogP contribution in [0.25, 0.3) is 0 Å². The number of hydrogen-bond acceptors (Lipinski definition) is 1. The predicted octanol–water partition coefficient (Wildman–Crippen LogP) is 3.16. The Balaban J connectivity index is 2.74. The van der Waals surface area contributed by atoms with Gasteiger partial charge in [0.25, 0.3) is 0 Å². The molecule has 0 heterocycles. The molecular formula is C10H15ClO2. The number of carbonyl (C=O) groups is 1. The molecule has 0 saturated heterocycles. The fraction of sp³-hybridized carbons (Fsp3) is 0.700. The van der Waals surface area contributed by atoms with Crippen molar-refractivity contribution in [2.24, 2.45) is 5.41 Å². The maximum Gasteiger partial charge on any atom is 0.309 e. The molecule has 74 valence electrons. The molecule has 0 amide bonds. The zero-order valence-electron chi connectivity index (χ0n) is 7.85. The van der Waals surface area contributed by atoms with Gasteiger partial charge in [0.05, 0.1) is 5.41 Å². The minimum atomic E-state index is -0.664. The molecule has 0 atom stereocenters. The van der Waals surface area contributed by atoms with Gasteiger partial charge < -0.3 is 5.11 Å². The summed E-state index contributed by atoms with van der Waals surface area (Å²) in [4.78, 5) is 11.1. The van der Waals surface area contributed by atoms with Crippen molar-refractivity contribution in [1.82, 2.24) is 0 Å². The Labute approximate surface area is 83.6 Å². The molecule has 1 rings (SSSR count). The van der Waals surface area contributed by atoms with Crippen molar-refractivity contribution in [3.63, 3.8) is 0 Å². The molecule has 0 aromatic rings. The second-order valence-corrected chi connectivity index (χ2v) is 4.14. The van der Waals surface area contributed by atoms with Gasteiger partial charge in [-0.2, -0.15) is 0 Å². The van der Waals surface area contributed by atoms with Crippen LogP contribution < -0.4 is 0 Å². The van der Waals surface area contributed by atoms with Crippen molar-refractivity contribution in [2.75, 3.05) is 0 Å². The van der Waals surface area contributed by atoms with Crippen LogP contribution in [0.5, 0.6) is 0 Å². The molecule has 0 radical (unpaired) electrons. The third-order valence-corrected chi connectivity index (χ3v) is 3.19. The highest BCUT2D eigenvalue weighted by molar-refractivity contribution is 6.25. The molecule has 1 aliphatic carbocycles. The van der Waals surface area contributed by atoms with Crippen molar-refractivity contribution in [3.8, 4) is 0 Å². The van der Waals surface area contributed by atoms with Crippen molar-refractivity contribution >= 4 is 17.6 Å². The van der Waals surface area contributed by atoms with Crippen LogP contribution >= 0.6 is 11.6 Å². The smallest absolute Gasteiger partial charge is 0.309 e. The lowest BCUT2D eigenvalue weighted by Crippen LogP contribution is -2.27. The lowest BCUT2D eigenvalue weighted by molar-refractivity contribution is -0.148. The van der Waals surface area contributed by atoms with Gasteiger partial charge in [-0.3, -0.25) is 4.79 Å². The van der Waals surface area contributed by atoms with Gasteiger partial charge in [-0.25, -0.2) is 0 Å². The second kappa shape index (κ2) is 4.14. The molecule has 0 aliphatic heterocycles. The van der Waals surface area contributed by atoms with Crippen LogP contribution in [0.2, 0.25) is 0 Å². The zero-order valence-corrected chi connectivity index (χ0v) is 8.60. The van der Waals surface area contributed by atoms with Gasteiger partial charge in [0, 0.05) is 5.54 Å². The first kappa shape index (κ1) is 10.6. The van der Waals surface area contributed by atoms with Gasteiger partial charge in [0.15, 0.2) is 0 Å². The first-order valence-electron chi connectivity index (χ1n) is 4.60. The Morgan fingerprint density at radius 2 is 2.08 bits per heavy atom. The van der Waals surface area contributed by atoms with Crippen LogP contribution in [0.15, 0.2) is 11.1 Å². The highest BCUT2D eigenvalue weighted by atomic mass is 35.5. The number of allylic oxidation sites excluding steroid dienone is 1. The molecule has 1 fully saturated rings. The number of aliphatic carboxylic acids is 1. The SMILES string of the molecule is C/C(=C\Cl)CC1(C(=O)O)CCCC1. The summed E-state index contributed by atoms with van der Waals surface area (Å²) in [5, 5.41) is 9.14. The van der Waals surface area contributed by atoms with Gasteiger partial charge in [0.2, 0.25) is 0 Å². The lowest BCUT2D eigenvalue weighted by atomic mass is 9.80. The fourth-order valence-corrected chi connectivity index (χ4v) is 2.17. The van der Waals surface area contributed by atoms with Gasteiger partial charge in [-0.1, -0.05) is 30.0 Å². The summed E-state index contributed by atoms with van der Waals surface area (Å²) >= 11 is 5.54. The maximum atomic E-state index is 11.1. The molecule has 1 N–H and O–H groups in total. The first-order chi connectivity index (χ1) is 6.10. The fourth-order valence-electron chi connectivity index (χ4n) is 2.09. The number of carboxylic acid groups (broad SMARTS) is 1. The Hall–Kier alpha value is -0.500. The normalized spacial score (nSPS) is 21.8. The number of hydrogen-bond donors (Lipinski definition) is 1.